The van der Waals surface area contributed by atoms with E-state index < -0.39 is 235 Å². The lowest BCUT2D eigenvalue weighted by Gasteiger charge is -2.34. The average Bonchev–Trinajstić information content (AvgIpc) is 1.64. The standard InChI is InChI=1S/C25H32FN2O17P.C20H26FN2O17P.C16H21FN2O6/c1-23-18(42-24(44-23)5-2-3-6-24)25(12-26,43-19(23)28-7-4-17(29)27-20(28)30)45-46(33,38-13-36-21(31)40-15-8-34-9-15)39-14-37-22(32)41-16-10-35-11-16;1-19(29)14(25)20(8-21,39-15(19)23-3-2-13(24)22-16(23)26)40-41(30,35-9-33-17(27)37-11-4-31-5-11)36-10-34-18(28)38-12-6-32-7-12;1-14-11(23-16(25-14)5-2-3-6-16)15(8-17,9-20)24-12(14)19-7-4-10(21)18-13(19)22/h4,7,15-16,18-19H,2-3,5-6,8-14H2,1H3,(H,27,29,30);2-3,11-12,14-15,25,29H,4-10H2,1H3,(H,22,24,26);4,7,11-12,20H,2-3,5-6,8-9H2,1H3,(H,18,21,22)/t18-,19+,23+,25+;14-,15+,19+,20+;11-,12+,14+,15+/m000/s1. The molecule has 0 radical (unpaired) electrons. The van der Waals surface area contributed by atoms with Crippen molar-refractivity contribution in [2.45, 2.75) is 179 Å². The number of carbonyl (C=O) groups is 4. The molecule has 0 bridgehead atoms. The Balaban J connectivity index is 0.000000162. The minimum Gasteiger partial charge on any atom is -0.426 e. The Morgan fingerprint density at radius 3 is 1.12 bits per heavy atom. The van der Waals surface area contributed by atoms with Crippen molar-refractivity contribution in [3.05, 3.63) is 99.3 Å². The van der Waals surface area contributed by atoms with Crippen LogP contribution in [0.2, 0.25) is 0 Å². The molecule has 624 valence electrons. The number of ether oxygens (including phenoxy) is 19. The molecular weight excluding hydrogens is 1580 g/mol. The van der Waals surface area contributed by atoms with E-state index in [9.17, 15) is 81.2 Å². The number of aromatic nitrogens is 6. The van der Waals surface area contributed by atoms with Crippen LogP contribution in [-0.2, 0) is 126 Å². The summed E-state index contributed by atoms with van der Waals surface area (Å²) in [4.78, 5) is 126. The Morgan fingerprint density at radius 1 is 0.482 bits per heavy atom. The third-order valence-corrected chi connectivity index (χ3v) is 22.0. The molecule has 3 aromatic heterocycles. The summed E-state index contributed by atoms with van der Waals surface area (Å²) in [5, 5.41) is 31.6. The van der Waals surface area contributed by atoms with Crippen LogP contribution < -0.4 is 33.7 Å². The first-order valence-electron chi connectivity index (χ1n) is 34.5. The van der Waals surface area contributed by atoms with E-state index in [1.54, 1.807) is 6.92 Å². The highest BCUT2D eigenvalue weighted by atomic mass is 31.2. The minimum absolute atomic E-state index is 0.120. The first kappa shape index (κ1) is 84.0. The molecular formula is C61H79F3N6O40P2. The van der Waals surface area contributed by atoms with E-state index in [1.807, 2.05) is 4.98 Å². The van der Waals surface area contributed by atoms with Gasteiger partial charge in [0.2, 0.25) is 38.7 Å². The predicted octanol–water partition coefficient (Wildman–Crippen LogP) is 0.583. The predicted molar refractivity (Wildman–Crippen MR) is 345 cm³/mol. The molecule has 6 N–H and O–H groups in total. The number of rotatable bonds is 27. The molecule has 14 rings (SSSR count). The fourth-order valence-electron chi connectivity index (χ4n) is 13.5. The van der Waals surface area contributed by atoms with Gasteiger partial charge in [0.05, 0.1) is 59.5 Å². The van der Waals surface area contributed by atoms with E-state index in [0.717, 1.165) is 53.4 Å². The number of aliphatic hydroxyl groups is 3. The molecule has 3 aromatic rings. The van der Waals surface area contributed by atoms with Gasteiger partial charge < -0.3 is 105 Å². The lowest BCUT2D eigenvalue weighted by Crippen LogP contribution is -2.52. The first-order valence-corrected chi connectivity index (χ1v) is 37.4. The van der Waals surface area contributed by atoms with Crippen LogP contribution in [0.4, 0.5) is 32.3 Å². The van der Waals surface area contributed by atoms with Crippen LogP contribution in [0.3, 0.4) is 0 Å². The van der Waals surface area contributed by atoms with Crippen molar-refractivity contribution < 1.29 is 174 Å². The number of phosphoric ester groups is 2. The second-order valence-corrected chi connectivity index (χ2v) is 30.6. The Kier molecular flexibility index (Phi) is 25.3. The van der Waals surface area contributed by atoms with Gasteiger partial charge in [0.15, 0.2) is 66.4 Å². The van der Waals surface area contributed by atoms with Gasteiger partial charge in [-0.15, -0.1) is 0 Å². The number of nitrogens with one attached hydrogen (secondary N) is 3. The fourth-order valence-corrected chi connectivity index (χ4v) is 15.8. The van der Waals surface area contributed by atoms with Crippen LogP contribution in [0.15, 0.2) is 65.6 Å². The number of hydrogen-bond acceptors (Lipinski definition) is 40. The number of fused-ring (bicyclic) bond motifs is 2. The molecule has 2 saturated carbocycles. The molecule has 9 saturated heterocycles. The quantitative estimate of drug-likeness (QED) is 0.0263. The second-order valence-electron chi connectivity index (χ2n) is 27.4. The van der Waals surface area contributed by atoms with Crippen LogP contribution in [0.25, 0.3) is 0 Å². The lowest BCUT2D eigenvalue weighted by atomic mass is 9.88. The first-order chi connectivity index (χ1) is 53.2. The minimum atomic E-state index is -5.24. The number of H-pyrrole nitrogens is 3. The number of carbonyl (C=O) groups excluding carboxylic acids is 4. The third kappa shape index (κ3) is 17.7. The number of hydrogen-bond donors (Lipinski definition) is 6. The van der Waals surface area contributed by atoms with Crippen molar-refractivity contribution in [3.63, 3.8) is 0 Å². The Bertz CT molecular complexity index is 4270. The summed E-state index contributed by atoms with van der Waals surface area (Å²) in [6.07, 6.45) is -7.80. The summed E-state index contributed by atoms with van der Waals surface area (Å²) < 4.78 is 204. The van der Waals surface area contributed by atoms with E-state index in [-0.39, 0.29) is 52.9 Å². The van der Waals surface area contributed by atoms with Crippen molar-refractivity contribution in [2.24, 2.45) is 0 Å². The van der Waals surface area contributed by atoms with Crippen LogP contribution in [-0.4, -0.2) is 264 Å². The largest absolute Gasteiger partial charge is 0.510 e. The van der Waals surface area contributed by atoms with Gasteiger partial charge in [0.1, 0.15) is 49.0 Å². The molecule has 12 atom stereocenters. The van der Waals surface area contributed by atoms with Gasteiger partial charge in [0, 0.05) is 62.5 Å². The SMILES string of the molecule is C[C@@]1(O)[C@H](O)[C@@](CF)(OP(=O)(OCOC(=O)OC2COC2)OCOC(=O)OC2COC2)O[C@H]1n1ccc(=O)[nH]c1=O.C[C@@]12OC3(CCCC3)O[C@@H]1[C@@](CF)(OP(=O)(OCOC(=O)OC1COC1)OCOC(=O)OC1COC1)O[C@H]2n1ccc(=O)[nH]c1=O.C[C@@]12OC3(CCCC3)O[C@@H]1[C@](CO)(CF)O[C@H]2n1ccc(=O)[nH]c1=O. The highest BCUT2D eigenvalue weighted by Gasteiger charge is 2.76. The Labute approximate surface area is 626 Å². The number of alkyl halides is 3. The van der Waals surface area contributed by atoms with Gasteiger partial charge in [0.25, 0.3) is 16.7 Å². The fraction of sp³-hybridized carbons (Fsp3) is 0.738. The molecule has 11 fully saturated rings. The molecule has 11 aliphatic rings. The molecule has 51 heteroatoms. The zero-order valence-electron chi connectivity index (χ0n) is 59.5. The molecule has 0 unspecified atom stereocenters. The van der Waals surface area contributed by atoms with Gasteiger partial charge in [-0.2, -0.15) is 0 Å². The normalized spacial score (nSPS) is 31.6. The second kappa shape index (κ2) is 33.8. The molecule has 2 aliphatic carbocycles. The monoisotopic (exact) mass is 1650 g/mol. The highest BCUT2D eigenvalue weighted by molar-refractivity contribution is 7.48. The van der Waals surface area contributed by atoms with Gasteiger partial charge >= 0.3 is 57.3 Å². The van der Waals surface area contributed by atoms with Crippen molar-refractivity contribution in [1.82, 2.24) is 28.7 Å². The van der Waals surface area contributed by atoms with Crippen LogP contribution in [0.1, 0.15) is 90.8 Å². The highest BCUT2D eigenvalue weighted by Crippen LogP contribution is 2.65. The van der Waals surface area contributed by atoms with E-state index >= 15 is 4.39 Å². The van der Waals surface area contributed by atoms with Crippen molar-refractivity contribution >= 4 is 40.3 Å². The topological polar surface area (TPSA) is 558 Å². The molecule has 0 amide bonds. The maximum atomic E-state index is 15.3. The van der Waals surface area contributed by atoms with E-state index in [4.69, 9.17) is 108 Å². The molecule has 112 heavy (non-hydrogen) atoms. The summed E-state index contributed by atoms with van der Waals surface area (Å²) in [5.41, 5.74) is -11.8. The zero-order chi connectivity index (χ0) is 80.3. The molecule has 9 aliphatic heterocycles. The average molecular weight is 1660 g/mol. The van der Waals surface area contributed by atoms with Crippen LogP contribution >= 0.6 is 15.6 Å². The molecule has 46 nitrogen and oxygen atoms in total. The Morgan fingerprint density at radius 2 is 0.804 bits per heavy atom. The van der Waals surface area contributed by atoms with Crippen molar-refractivity contribution in [1.29, 1.82) is 0 Å². The van der Waals surface area contributed by atoms with Crippen LogP contribution in [0, 0.1) is 0 Å². The summed E-state index contributed by atoms with van der Waals surface area (Å²) in [5.74, 6) is -7.77. The van der Waals surface area contributed by atoms with Gasteiger partial charge in [-0.05, 0) is 46.5 Å². The summed E-state index contributed by atoms with van der Waals surface area (Å²) in [7, 11) is -10.4. The lowest BCUT2D eigenvalue weighted by molar-refractivity contribution is -0.294. The summed E-state index contributed by atoms with van der Waals surface area (Å²) in [6, 6.07) is 3.09. The number of halogens is 3. The summed E-state index contributed by atoms with van der Waals surface area (Å²) >= 11 is 0. The third-order valence-electron chi connectivity index (χ3n) is 19.3. The van der Waals surface area contributed by atoms with Crippen molar-refractivity contribution in [2.75, 3.05) is 107 Å². The maximum absolute atomic E-state index is 15.3. The molecule has 0 aromatic carbocycles. The van der Waals surface area contributed by atoms with E-state index in [2.05, 4.69) is 19.4 Å². The number of aromatic amines is 3. The number of phosphoric acid groups is 2. The smallest absolute Gasteiger partial charge is 0.426 e. The Hall–Kier alpha value is -7.43. The number of nitrogens with zero attached hydrogens (tertiary/aromatic N) is 3. The molecule has 2 spiro atoms. The number of aliphatic hydroxyl groups excluding tert-OH is 2. The van der Waals surface area contributed by atoms with Gasteiger partial charge in [-0.3, -0.25) is 43.0 Å². The zero-order valence-corrected chi connectivity index (χ0v) is 61.3. The maximum Gasteiger partial charge on any atom is 0.510 e. The van der Waals surface area contributed by atoms with Crippen molar-refractivity contribution in [3.8, 4) is 0 Å². The van der Waals surface area contributed by atoms with E-state index in [1.165, 1.54) is 19.2 Å². The van der Waals surface area contributed by atoms with Gasteiger partial charge in [-0.1, -0.05) is 0 Å². The van der Waals surface area contributed by atoms with Gasteiger partial charge in [-0.25, -0.2) is 83.0 Å². The van der Waals surface area contributed by atoms with Crippen LogP contribution in [0.5, 0.6) is 0 Å². The van der Waals surface area contributed by atoms with E-state index in [0.29, 0.717) is 43.1 Å². The molecule has 12 heterocycles. The summed E-state index contributed by atoms with van der Waals surface area (Å²) in [6.45, 7) is -4.36.